The van der Waals surface area contributed by atoms with E-state index in [-0.39, 0.29) is 5.69 Å². The SMILES string of the molecule is O=[N+]([O-])c1c[c]ccc1NCCc1ccccc1. The summed E-state index contributed by atoms with van der Waals surface area (Å²) in [4.78, 5) is 10.4. The van der Waals surface area contributed by atoms with Gasteiger partial charge in [0.05, 0.1) is 4.92 Å². The summed E-state index contributed by atoms with van der Waals surface area (Å²) in [5, 5.41) is 13.9. The van der Waals surface area contributed by atoms with E-state index in [0.29, 0.717) is 12.2 Å². The van der Waals surface area contributed by atoms with Crippen molar-refractivity contribution in [1.29, 1.82) is 0 Å². The molecule has 0 saturated heterocycles. The standard InChI is InChI=1S/C14H13N2O2/c17-16(18)14-9-5-4-8-13(14)15-11-10-12-6-2-1-3-7-12/h1-4,6-9,15H,10-11H2. The van der Waals surface area contributed by atoms with Crippen molar-refractivity contribution in [3.05, 3.63) is 70.3 Å². The third kappa shape index (κ3) is 3.07. The molecule has 4 heteroatoms. The highest BCUT2D eigenvalue weighted by molar-refractivity contribution is 5.60. The number of nitrogens with zero attached hydrogens (tertiary/aromatic N) is 1. The minimum Gasteiger partial charge on any atom is -0.379 e. The number of nitrogens with one attached hydrogen (secondary N) is 1. The average Bonchev–Trinajstić information content (AvgIpc) is 2.40. The molecule has 4 nitrogen and oxygen atoms in total. The first-order valence-electron chi connectivity index (χ1n) is 5.69. The van der Waals surface area contributed by atoms with Crippen LogP contribution in [-0.4, -0.2) is 11.5 Å². The normalized spacial score (nSPS) is 10.0. The van der Waals surface area contributed by atoms with E-state index < -0.39 is 4.92 Å². The van der Waals surface area contributed by atoms with Crippen LogP contribution in [0.25, 0.3) is 0 Å². The minimum absolute atomic E-state index is 0.0607. The number of benzene rings is 2. The van der Waals surface area contributed by atoms with Crippen molar-refractivity contribution in [3.8, 4) is 0 Å². The second-order valence-corrected chi connectivity index (χ2v) is 3.86. The molecule has 0 heterocycles. The molecule has 91 valence electrons. The summed E-state index contributed by atoms with van der Waals surface area (Å²) in [6, 6.07) is 17.4. The summed E-state index contributed by atoms with van der Waals surface area (Å²) >= 11 is 0. The van der Waals surface area contributed by atoms with Crippen LogP contribution >= 0.6 is 0 Å². The summed E-state index contributed by atoms with van der Waals surface area (Å²) < 4.78 is 0. The Bertz CT molecular complexity index is 526. The lowest BCUT2D eigenvalue weighted by molar-refractivity contribution is -0.384. The molecule has 0 amide bonds. The summed E-state index contributed by atoms with van der Waals surface area (Å²) in [5.41, 5.74) is 1.80. The predicted octanol–water partition coefficient (Wildman–Crippen LogP) is 3.05. The molecule has 0 aliphatic rings. The number of hydrogen-bond donors (Lipinski definition) is 1. The van der Waals surface area contributed by atoms with Crippen molar-refractivity contribution in [2.45, 2.75) is 6.42 Å². The van der Waals surface area contributed by atoms with Crippen LogP contribution in [0.2, 0.25) is 0 Å². The fraction of sp³-hybridized carbons (Fsp3) is 0.143. The van der Waals surface area contributed by atoms with Crippen LogP contribution in [0.1, 0.15) is 5.56 Å². The Labute approximate surface area is 105 Å². The lowest BCUT2D eigenvalue weighted by atomic mass is 10.1. The van der Waals surface area contributed by atoms with Gasteiger partial charge in [-0.1, -0.05) is 36.4 Å². The maximum Gasteiger partial charge on any atom is 0.292 e. The first-order valence-corrected chi connectivity index (χ1v) is 5.69. The Morgan fingerprint density at radius 2 is 2.00 bits per heavy atom. The summed E-state index contributed by atoms with van der Waals surface area (Å²) in [6.45, 7) is 0.662. The minimum atomic E-state index is -0.401. The van der Waals surface area contributed by atoms with Crippen LogP contribution in [0.3, 0.4) is 0 Å². The molecule has 0 aromatic heterocycles. The van der Waals surface area contributed by atoms with Gasteiger partial charge in [-0.3, -0.25) is 10.1 Å². The van der Waals surface area contributed by atoms with Gasteiger partial charge >= 0.3 is 0 Å². The molecular formula is C14H13N2O2. The maximum absolute atomic E-state index is 10.8. The van der Waals surface area contributed by atoms with E-state index in [9.17, 15) is 10.1 Å². The third-order valence-electron chi connectivity index (χ3n) is 2.61. The van der Waals surface area contributed by atoms with Crippen molar-refractivity contribution in [2.24, 2.45) is 0 Å². The monoisotopic (exact) mass is 241 g/mol. The van der Waals surface area contributed by atoms with Gasteiger partial charge in [0.2, 0.25) is 0 Å². The Morgan fingerprint density at radius 1 is 1.22 bits per heavy atom. The Balaban J connectivity index is 1.97. The van der Waals surface area contributed by atoms with Crippen molar-refractivity contribution < 1.29 is 4.92 Å². The van der Waals surface area contributed by atoms with E-state index >= 15 is 0 Å². The molecule has 0 aliphatic heterocycles. The molecule has 0 aliphatic carbocycles. The maximum atomic E-state index is 10.8. The molecule has 0 bridgehead atoms. The first-order chi connectivity index (χ1) is 8.77. The summed E-state index contributed by atoms with van der Waals surface area (Å²) in [6.07, 6.45) is 0.830. The second kappa shape index (κ2) is 5.82. The summed E-state index contributed by atoms with van der Waals surface area (Å²) in [5.74, 6) is 0. The molecule has 2 aromatic carbocycles. The van der Waals surface area contributed by atoms with Crippen LogP contribution in [-0.2, 0) is 6.42 Å². The molecule has 18 heavy (non-hydrogen) atoms. The molecule has 0 fully saturated rings. The molecular weight excluding hydrogens is 228 g/mol. The number of anilines is 1. The fourth-order valence-corrected chi connectivity index (χ4v) is 1.71. The zero-order valence-electron chi connectivity index (χ0n) is 9.80. The molecule has 1 radical (unpaired) electrons. The topological polar surface area (TPSA) is 55.2 Å². The molecule has 0 spiro atoms. The van der Waals surface area contributed by atoms with Crippen LogP contribution in [0, 0.1) is 16.2 Å². The lowest BCUT2D eigenvalue weighted by Gasteiger charge is -2.06. The van der Waals surface area contributed by atoms with Gasteiger partial charge < -0.3 is 5.32 Å². The van der Waals surface area contributed by atoms with Crippen molar-refractivity contribution >= 4 is 11.4 Å². The average molecular weight is 241 g/mol. The van der Waals surface area contributed by atoms with E-state index in [1.54, 1.807) is 12.1 Å². The van der Waals surface area contributed by atoms with Gasteiger partial charge in [0, 0.05) is 12.6 Å². The largest absolute Gasteiger partial charge is 0.379 e. The quantitative estimate of drug-likeness (QED) is 0.646. The summed E-state index contributed by atoms with van der Waals surface area (Å²) in [7, 11) is 0. The fourth-order valence-electron chi connectivity index (χ4n) is 1.71. The first kappa shape index (κ1) is 12.1. The zero-order chi connectivity index (χ0) is 12.8. The number of rotatable bonds is 5. The highest BCUT2D eigenvalue weighted by Gasteiger charge is 2.11. The van der Waals surface area contributed by atoms with Crippen LogP contribution in [0.15, 0.2) is 48.5 Å². The van der Waals surface area contributed by atoms with Gasteiger partial charge in [-0.15, -0.1) is 0 Å². The Hall–Kier alpha value is -2.36. The van der Waals surface area contributed by atoms with Gasteiger partial charge in [0.15, 0.2) is 0 Å². The van der Waals surface area contributed by atoms with Gasteiger partial charge in [-0.25, -0.2) is 0 Å². The molecule has 1 N–H and O–H groups in total. The van der Waals surface area contributed by atoms with E-state index in [2.05, 4.69) is 11.4 Å². The van der Waals surface area contributed by atoms with Gasteiger partial charge in [0.1, 0.15) is 5.69 Å². The number of nitro benzene ring substituents is 1. The van der Waals surface area contributed by atoms with E-state index in [1.165, 1.54) is 11.6 Å². The second-order valence-electron chi connectivity index (χ2n) is 3.86. The molecule has 2 aromatic rings. The molecule has 0 saturated carbocycles. The van der Waals surface area contributed by atoms with E-state index in [4.69, 9.17) is 0 Å². The number of hydrogen-bond acceptors (Lipinski definition) is 3. The van der Waals surface area contributed by atoms with Crippen LogP contribution in [0.4, 0.5) is 11.4 Å². The van der Waals surface area contributed by atoms with Crippen LogP contribution < -0.4 is 5.32 Å². The predicted molar refractivity (Wildman–Crippen MR) is 70.6 cm³/mol. The van der Waals surface area contributed by atoms with E-state index in [1.807, 2.05) is 30.3 Å². The highest BCUT2D eigenvalue weighted by Crippen LogP contribution is 2.22. The highest BCUT2D eigenvalue weighted by atomic mass is 16.6. The molecule has 2 rings (SSSR count). The van der Waals surface area contributed by atoms with Crippen molar-refractivity contribution in [2.75, 3.05) is 11.9 Å². The Kier molecular flexibility index (Phi) is 3.91. The van der Waals surface area contributed by atoms with Gasteiger partial charge in [-0.2, -0.15) is 0 Å². The number of nitro groups is 1. The molecule has 0 unspecified atom stereocenters. The molecule has 0 atom stereocenters. The Morgan fingerprint density at radius 3 is 2.72 bits per heavy atom. The lowest BCUT2D eigenvalue weighted by Crippen LogP contribution is -2.06. The smallest absolute Gasteiger partial charge is 0.292 e. The third-order valence-corrected chi connectivity index (χ3v) is 2.61. The zero-order valence-corrected chi connectivity index (χ0v) is 9.80. The van der Waals surface area contributed by atoms with Crippen molar-refractivity contribution in [3.63, 3.8) is 0 Å². The van der Waals surface area contributed by atoms with Crippen LogP contribution in [0.5, 0.6) is 0 Å². The van der Waals surface area contributed by atoms with E-state index in [0.717, 1.165) is 6.42 Å². The van der Waals surface area contributed by atoms with Gasteiger partial charge in [-0.05, 0) is 24.1 Å². The van der Waals surface area contributed by atoms with Gasteiger partial charge in [0.25, 0.3) is 5.69 Å². The van der Waals surface area contributed by atoms with Crippen molar-refractivity contribution in [1.82, 2.24) is 0 Å².